The van der Waals surface area contributed by atoms with Gasteiger partial charge in [-0.15, -0.1) is 0 Å². The summed E-state index contributed by atoms with van der Waals surface area (Å²) in [4.78, 5) is 23.0. The first-order valence-electron chi connectivity index (χ1n) is 8.00. The second-order valence-electron chi connectivity index (χ2n) is 5.86. The monoisotopic (exact) mass is 341 g/mol. The van der Waals surface area contributed by atoms with Crippen molar-refractivity contribution >= 4 is 11.9 Å². The van der Waals surface area contributed by atoms with Gasteiger partial charge in [0, 0.05) is 6.04 Å². The number of ether oxygens (including phenoxy) is 1. The van der Waals surface area contributed by atoms with Crippen molar-refractivity contribution in [2.45, 2.75) is 44.6 Å². The number of carbonyl (C=O) groups excluding carboxylic acids is 1. The fraction of sp³-hybridized carbons (Fsp3) is 0.529. The van der Waals surface area contributed by atoms with E-state index in [9.17, 15) is 18.4 Å². The zero-order valence-corrected chi connectivity index (χ0v) is 13.4. The van der Waals surface area contributed by atoms with Crippen LogP contribution in [0.3, 0.4) is 0 Å². The number of para-hydroxylation sites is 1. The third-order valence-electron chi connectivity index (χ3n) is 4.22. The highest BCUT2D eigenvalue weighted by Crippen LogP contribution is 2.36. The smallest absolute Gasteiger partial charge is 0.353 e. The third kappa shape index (κ3) is 4.01. The van der Waals surface area contributed by atoms with Gasteiger partial charge < -0.3 is 15.2 Å². The number of amides is 1. The Balaban J connectivity index is 2.05. The summed E-state index contributed by atoms with van der Waals surface area (Å²) in [7, 11) is 0. The van der Waals surface area contributed by atoms with Gasteiger partial charge in [0.1, 0.15) is 5.75 Å². The molecule has 5 nitrogen and oxygen atoms in total. The molecule has 1 aromatic rings. The average Bonchev–Trinajstić information content (AvgIpc) is 2.56. The molecular weight excluding hydrogens is 320 g/mol. The number of rotatable bonds is 6. The number of carboxylic acids is 1. The van der Waals surface area contributed by atoms with Crippen LogP contribution in [0.2, 0.25) is 0 Å². The van der Waals surface area contributed by atoms with E-state index in [0.29, 0.717) is 25.7 Å². The molecule has 0 unspecified atom stereocenters. The minimum absolute atomic E-state index is 0.0188. The van der Waals surface area contributed by atoms with Crippen LogP contribution in [-0.4, -0.2) is 29.6 Å². The van der Waals surface area contributed by atoms with Gasteiger partial charge in [0.25, 0.3) is 5.91 Å². The summed E-state index contributed by atoms with van der Waals surface area (Å²) in [5, 5.41) is 11.3. The van der Waals surface area contributed by atoms with Gasteiger partial charge >= 0.3 is 11.9 Å². The van der Waals surface area contributed by atoms with E-state index < -0.39 is 35.3 Å². The van der Waals surface area contributed by atoms with Crippen LogP contribution in [0.15, 0.2) is 24.3 Å². The van der Waals surface area contributed by atoms with Gasteiger partial charge in [-0.25, -0.2) is 0 Å². The fourth-order valence-electron chi connectivity index (χ4n) is 2.89. The van der Waals surface area contributed by atoms with Crippen LogP contribution in [0.5, 0.6) is 5.75 Å². The second-order valence-corrected chi connectivity index (χ2v) is 5.86. The SMILES string of the molecule is CCOc1ccccc1C(F)(F)C(=O)NC1CCC(C(=O)O)CC1. The van der Waals surface area contributed by atoms with Crippen molar-refractivity contribution in [2.75, 3.05) is 6.61 Å². The molecule has 2 rings (SSSR count). The topological polar surface area (TPSA) is 75.6 Å². The number of carbonyl (C=O) groups is 2. The molecule has 1 aliphatic rings. The largest absolute Gasteiger partial charge is 0.493 e. The molecule has 0 radical (unpaired) electrons. The van der Waals surface area contributed by atoms with Crippen LogP contribution in [0, 0.1) is 5.92 Å². The maximum Gasteiger partial charge on any atom is 0.353 e. The van der Waals surface area contributed by atoms with Gasteiger partial charge in [0.15, 0.2) is 0 Å². The van der Waals surface area contributed by atoms with Crippen LogP contribution < -0.4 is 10.1 Å². The number of carboxylic acid groups (broad SMARTS) is 1. The Bertz CT molecular complexity index is 598. The summed E-state index contributed by atoms with van der Waals surface area (Å²) < 4.78 is 34.2. The molecule has 0 aliphatic heterocycles. The lowest BCUT2D eigenvalue weighted by Gasteiger charge is -2.28. The van der Waals surface area contributed by atoms with Gasteiger partial charge in [-0.3, -0.25) is 9.59 Å². The van der Waals surface area contributed by atoms with Crippen LogP contribution in [0.25, 0.3) is 0 Å². The standard InChI is InChI=1S/C17H21F2NO4/c1-2-24-14-6-4-3-5-13(14)17(18,19)16(23)20-12-9-7-11(8-10-12)15(21)22/h3-6,11-12H,2,7-10H2,1H3,(H,20,23)(H,21,22). The van der Waals surface area contributed by atoms with E-state index in [1.807, 2.05) is 0 Å². The summed E-state index contributed by atoms with van der Waals surface area (Å²) in [6.45, 7) is 1.89. The van der Waals surface area contributed by atoms with Crippen molar-refractivity contribution < 1.29 is 28.2 Å². The van der Waals surface area contributed by atoms with Crippen LogP contribution >= 0.6 is 0 Å². The summed E-state index contributed by atoms with van der Waals surface area (Å²) in [6.07, 6.45) is 1.51. The van der Waals surface area contributed by atoms with E-state index in [-0.39, 0.29) is 12.4 Å². The van der Waals surface area contributed by atoms with Crippen LogP contribution in [0.1, 0.15) is 38.2 Å². The molecule has 0 spiro atoms. The lowest BCUT2D eigenvalue weighted by molar-refractivity contribution is -0.148. The van der Waals surface area contributed by atoms with E-state index in [4.69, 9.17) is 9.84 Å². The molecular formula is C17H21F2NO4. The molecule has 1 saturated carbocycles. The molecule has 7 heteroatoms. The normalized spacial score (nSPS) is 21.1. The minimum atomic E-state index is -3.71. The molecule has 0 saturated heterocycles. The number of aliphatic carboxylic acids is 1. The molecule has 1 aliphatic carbocycles. The fourth-order valence-corrected chi connectivity index (χ4v) is 2.89. The highest BCUT2D eigenvalue weighted by molar-refractivity contribution is 5.85. The Morgan fingerprint density at radius 2 is 1.88 bits per heavy atom. The Kier molecular flexibility index (Phi) is 5.75. The summed E-state index contributed by atoms with van der Waals surface area (Å²) in [6, 6.07) is 5.13. The second kappa shape index (κ2) is 7.59. The maximum absolute atomic E-state index is 14.5. The molecule has 1 aromatic carbocycles. The van der Waals surface area contributed by atoms with E-state index >= 15 is 0 Å². The Hall–Kier alpha value is -2.18. The van der Waals surface area contributed by atoms with E-state index in [2.05, 4.69) is 5.32 Å². The van der Waals surface area contributed by atoms with Crippen molar-refractivity contribution in [2.24, 2.45) is 5.92 Å². The third-order valence-corrected chi connectivity index (χ3v) is 4.22. The van der Waals surface area contributed by atoms with Gasteiger partial charge in [-0.1, -0.05) is 12.1 Å². The Morgan fingerprint density at radius 3 is 2.46 bits per heavy atom. The summed E-state index contributed by atoms with van der Waals surface area (Å²) in [5.74, 6) is -6.45. The zero-order valence-electron chi connectivity index (χ0n) is 13.4. The molecule has 0 heterocycles. The molecule has 1 fully saturated rings. The van der Waals surface area contributed by atoms with Crippen LogP contribution in [-0.2, 0) is 15.5 Å². The highest BCUT2D eigenvalue weighted by Gasteiger charge is 2.44. The van der Waals surface area contributed by atoms with Crippen molar-refractivity contribution in [3.63, 3.8) is 0 Å². The summed E-state index contributed by atoms with van der Waals surface area (Å²) in [5.41, 5.74) is -0.469. The molecule has 24 heavy (non-hydrogen) atoms. The first-order chi connectivity index (χ1) is 11.4. The zero-order chi connectivity index (χ0) is 17.7. The van der Waals surface area contributed by atoms with Gasteiger partial charge in [0.05, 0.1) is 18.1 Å². The molecule has 132 valence electrons. The summed E-state index contributed by atoms with van der Waals surface area (Å²) >= 11 is 0. The van der Waals surface area contributed by atoms with Crippen molar-refractivity contribution in [3.05, 3.63) is 29.8 Å². The van der Waals surface area contributed by atoms with Crippen molar-refractivity contribution in [1.29, 1.82) is 0 Å². The Morgan fingerprint density at radius 1 is 1.25 bits per heavy atom. The maximum atomic E-state index is 14.5. The average molecular weight is 341 g/mol. The number of benzene rings is 1. The number of alkyl halides is 2. The molecule has 1 amide bonds. The quantitative estimate of drug-likeness (QED) is 0.834. The highest BCUT2D eigenvalue weighted by atomic mass is 19.3. The first-order valence-corrected chi connectivity index (χ1v) is 8.00. The Labute approximate surface area is 139 Å². The van der Waals surface area contributed by atoms with Crippen molar-refractivity contribution in [1.82, 2.24) is 5.32 Å². The first kappa shape index (κ1) is 18.2. The van der Waals surface area contributed by atoms with Crippen molar-refractivity contribution in [3.8, 4) is 5.75 Å². The number of hydrogen-bond donors (Lipinski definition) is 2. The molecule has 0 atom stereocenters. The van der Waals surface area contributed by atoms with E-state index in [0.717, 1.165) is 0 Å². The number of nitrogens with one attached hydrogen (secondary N) is 1. The molecule has 2 N–H and O–H groups in total. The lowest BCUT2D eigenvalue weighted by Crippen LogP contribution is -2.45. The van der Waals surface area contributed by atoms with E-state index in [1.165, 1.54) is 18.2 Å². The molecule has 0 aromatic heterocycles. The molecule has 0 bridgehead atoms. The number of halogens is 2. The number of hydrogen-bond acceptors (Lipinski definition) is 3. The minimum Gasteiger partial charge on any atom is -0.493 e. The van der Waals surface area contributed by atoms with Crippen LogP contribution in [0.4, 0.5) is 8.78 Å². The van der Waals surface area contributed by atoms with Gasteiger partial charge in [0.2, 0.25) is 0 Å². The van der Waals surface area contributed by atoms with Gasteiger partial charge in [-0.2, -0.15) is 8.78 Å². The van der Waals surface area contributed by atoms with E-state index in [1.54, 1.807) is 13.0 Å². The predicted octanol–water partition coefficient (Wildman–Crippen LogP) is 2.94. The lowest BCUT2D eigenvalue weighted by atomic mass is 9.86. The van der Waals surface area contributed by atoms with Gasteiger partial charge in [-0.05, 0) is 44.7 Å². The predicted molar refractivity (Wildman–Crippen MR) is 83.0 cm³/mol.